The lowest BCUT2D eigenvalue weighted by molar-refractivity contribution is 0.0951. The molecule has 5 nitrogen and oxygen atoms in total. The molecule has 18 heavy (non-hydrogen) atoms. The highest BCUT2D eigenvalue weighted by Gasteiger charge is 2.07. The first-order chi connectivity index (χ1) is 8.66. The van der Waals surface area contributed by atoms with E-state index in [4.69, 9.17) is 0 Å². The number of phenolic OH excluding ortho intramolecular Hbond substituents is 1. The van der Waals surface area contributed by atoms with E-state index in [0.29, 0.717) is 18.7 Å². The second-order valence-electron chi connectivity index (χ2n) is 3.69. The molecule has 2 N–H and O–H groups in total. The summed E-state index contributed by atoms with van der Waals surface area (Å²) in [7, 11) is 0. The number of halogens is 1. The van der Waals surface area contributed by atoms with Crippen LogP contribution in [-0.2, 0) is 6.54 Å². The first kappa shape index (κ1) is 12.9. The highest BCUT2D eigenvalue weighted by molar-refractivity contribution is 14.1. The van der Waals surface area contributed by atoms with Crippen LogP contribution in [0.1, 0.15) is 10.4 Å². The van der Waals surface area contributed by atoms with Gasteiger partial charge in [-0.25, -0.2) is 0 Å². The molecule has 2 rings (SSSR count). The topological polar surface area (TPSA) is 67.2 Å². The maximum atomic E-state index is 11.8. The quantitative estimate of drug-likeness (QED) is 0.818. The van der Waals surface area contributed by atoms with Crippen LogP contribution in [0.2, 0.25) is 0 Å². The van der Waals surface area contributed by atoms with Crippen molar-refractivity contribution < 1.29 is 9.90 Å². The number of hydrogen-bond donors (Lipinski definition) is 2. The molecule has 0 fully saturated rings. The Hall–Kier alpha value is -1.57. The fourth-order valence-corrected chi connectivity index (χ4v) is 1.81. The van der Waals surface area contributed by atoms with E-state index < -0.39 is 0 Å². The van der Waals surface area contributed by atoms with Crippen molar-refractivity contribution in [2.75, 3.05) is 6.54 Å². The summed E-state index contributed by atoms with van der Waals surface area (Å²) in [5.74, 6) is -0.0795. The molecule has 1 aromatic heterocycles. The normalized spacial score (nSPS) is 10.3. The number of amides is 1. The van der Waals surface area contributed by atoms with Gasteiger partial charge in [0, 0.05) is 24.5 Å². The van der Waals surface area contributed by atoms with Crippen molar-refractivity contribution in [1.82, 2.24) is 15.1 Å². The molecule has 0 radical (unpaired) electrons. The van der Waals surface area contributed by atoms with Gasteiger partial charge in [-0.05, 0) is 46.9 Å². The Labute approximate surface area is 118 Å². The predicted molar refractivity (Wildman–Crippen MR) is 75.4 cm³/mol. The van der Waals surface area contributed by atoms with Crippen LogP contribution in [-0.4, -0.2) is 27.3 Å². The number of carbonyl (C=O) groups excluding carboxylic acids is 1. The number of phenols is 1. The predicted octanol–water partition coefficient (Wildman–Crippen LogP) is 1.62. The second kappa shape index (κ2) is 5.85. The minimum atomic E-state index is -0.200. The van der Waals surface area contributed by atoms with Crippen LogP contribution in [0.4, 0.5) is 0 Å². The van der Waals surface area contributed by atoms with E-state index in [1.165, 1.54) is 6.07 Å². The van der Waals surface area contributed by atoms with Crippen molar-refractivity contribution in [3.63, 3.8) is 0 Å². The lowest BCUT2D eigenvalue weighted by Gasteiger charge is -2.06. The standard InChI is InChI=1S/C12H12IN3O2/c13-10-3-2-9(8-11(10)17)12(18)14-5-7-16-6-1-4-15-16/h1-4,6,8,17H,5,7H2,(H,14,18). The Balaban J connectivity index is 1.89. The van der Waals surface area contributed by atoms with E-state index in [1.807, 2.05) is 34.9 Å². The van der Waals surface area contributed by atoms with E-state index in [2.05, 4.69) is 10.4 Å². The largest absolute Gasteiger partial charge is 0.507 e. The van der Waals surface area contributed by atoms with Gasteiger partial charge in [0.1, 0.15) is 5.75 Å². The molecule has 1 amide bonds. The van der Waals surface area contributed by atoms with Gasteiger partial charge in [-0.2, -0.15) is 5.10 Å². The van der Waals surface area contributed by atoms with Crippen LogP contribution in [0.15, 0.2) is 36.7 Å². The summed E-state index contributed by atoms with van der Waals surface area (Å²) in [5, 5.41) is 16.3. The van der Waals surface area contributed by atoms with Gasteiger partial charge in [0.15, 0.2) is 0 Å². The molecule has 94 valence electrons. The SMILES string of the molecule is O=C(NCCn1cccn1)c1ccc(I)c(O)c1. The van der Waals surface area contributed by atoms with Crippen molar-refractivity contribution in [3.8, 4) is 5.75 Å². The van der Waals surface area contributed by atoms with Gasteiger partial charge in [-0.15, -0.1) is 0 Å². The fraction of sp³-hybridized carbons (Fsp3) is 0.167. The maximum Gasteiger partial charge on any atom is 0.251 e. The van der Waals surface area contributed by atoms with E-state index >= 15 is 0 Å². The molecule has 0 unspecified atom stereocenters. The summed E-state index contributed by atoms with van der Waals surface area (Å²) in [6.45, 7) is 1.11. The molecule has 2 aromatic rings. The number of benzene rings is 1. The summed E-state index contributed by atoms with van der Waals surface area (Å²) < 4.78 is 2.46. The number of rotatable bonds is 4. The van der Waals surface area contributed by atoms with Gasteiger partial charge >= 0.3 is 0 Å². The number of nitrogens with one attached hydrogen (secondary N) is 1. The molecule has 0 spiro atoms. The lowest BCUT2D eigenvalue weighted by atomic mass is 10.2. The van der Waals surface area contributed by atoms with Crippen molar-refractivity contribution >= 4 is 28.5 Å². The van der Waals surface area contributed by atoms with Gasteiger partial charge in [-0.3, -0.25) is 9.48 Å². The van der Waals surface area contributed by atoms with Crippen LogP contribution in [0, 0.1) is 3.57 Å². The molecule has 0 saturated heterocycles. The molecular formula is C12H12IN3O2. The number of aromatic hydroxyl groups is 1. The van der Waals surface area contributed by atoms with Gasteiger partial charge in [-0.1, -0.05) is 0 Å². The fourth-order valence-electron chi connectivity index (χ4n) is 1.47. The molecule has 0 atom stereocenters. The number of hydrogen-bond acceptors (Lipinski definition) is 3. The Morgan fingerprint density at radius 2 is 2.33 bits per heavy atom. The molecular weight excluding hydrogens is 345 g/mol. The third-order valence-corrected chi connectivity index (χ3v) is 3.31. The van der Waals surface area contributed by atoms with Gasteiger partial charge in [0.05, 0.1) is 10.1 Å². The first-order valence-corrected chi connectivity index (χ1v) is 6.49. The van der Waals surface area contributed by atoms with Crippen LogP contribution < -0.4 is 5.32 Å². The second-order valence-corrected chi connectivity index (χ2v) is 4.85. The third kappa shape index (κ3) is 3.22. The Morgan fingerprint density at radius 1 is 1.50 bits per heavy atom. The van der Waals surface area contributed by atoms with E-state index in [9.17, 15) is 9.90 Å². The molecule has 1 heterocycles. The van der Waals surface area contributed by atoms with E-state index in [-0.39, 0.29) is 11.7 Å². The number of carbonyl (C=O) groups is 1. The summed E-state index contributed by atoms with van der Waals surface area (Å²) in [6, 6.07) is 6.69. The third-order valence-electron chi connectivity index (χ3n) is 2.39. The Kier molecular flexibility index (Phi) is 4.19. The smallest absolute Gasteiger partial charge is 0.251 e. The zero-order chi connectivity index (χ0) is 13.0. The molecule has 1 aromatic carbocycles. The summed E-state index contributed by atoms with van der Waals surface area (Å²) in [5.41, 5.74) is 0.452. The zero-order valence-electron chi connectivity index (χ0n) is 9.51. The first-order valence-electron chi connectivity index (χ1n) is 5.41. The van der Waals surface area contributed by atoms with Crippen LogP contribution >= 0.6 is 22.6 Å². The minimum absolute atomic E-state index is 0.121. The van der Waals surface area contributed by atoms with Crippen molar-refractivity contribution in [2.45, 2.75) is 6.54 Å². The number of aromatic nitrogens is 2. The zero-order valence-corrected chi connectivity index (χ0v) is 11.7. The summed E-state index contributed by atoms with van der Waals surface area (Å²) in [6.07, 6.45) is 3.53. The average Bonchev–Trinajstić information content (AvgIpc) is 2.85. The minimum Gasteiger partial charge on any atom is -0.507 e. The van der Waals surface area contributed by atoms with Gasteiger partial charge in [0.2, 0.25) is 0 Å². The van der Waals surface area contributed by atoms with Crippen molar-refractivity contribution in [1.29, 1.82) is 0 Å². The molecule has 0 aliphatic carbocycles. The average molecular weight is 357 g/mol. The van der Waals surface area contributed by atoms with Crippen LogP contribution in [0.25, 0.3) is 0 Å². The molecule has 0 aliphatic rings. The highest BCUT2D eigenvalue weighted by Crippen LogP contribution is 2.20. The van der Waals surface area contributed by atoms with Crippen LogP contribution in [0.5, 0.6) is 5.75 Å². The monoisotopic (exact) mass is 357 g/mol. The van der Waals surface area contributed by atoms with Crippen molar-refractivity contribution in [2.24, 2.45) is 0 Å². The van der Waals surface area contributed by atoms with Gasteiger partial charge in [0.25, 0.3) is 5.91 Å². The molecule has 0 aliphatic heterocycles. The van der Waals surface area contributed by atoms with E-state index in [1.54, 1.807) is 23.0 Å². The lowest BCUT2D eigenvalue weighted by Crippen LogP contribution is -2.27. The Bertz CT molecular complexity index is 540. The van der Waals surface area contributed by atoms with Crippen molar-refractivity contribution in [3.05, 3.63) is 45.8 Å². The number of nitrogens with zero attached hydrogens (tertiary/aromatic N) is 2. The summed E-state index contributed by atoms with van der Waals surface area (Å²) in [4.78, 5) is 11.8. The van der Waals surface area contributed by atoms with E-state index in [0.717, 1.165) is 3.57 Å². The highest BCUT2D eigenvalue weighted by atomic mass is 127. The molecule has 6 heteroatoms. The van der Waals surface area contributed by atoms with Gasteiger partial charge < -0.3 is 10.4 Å². The molecule has 0 bridgehead atoms. The summed E-state index contributed by atoms with van der Waals surface area (Å²) >= 11 is 2.01. The Morgan fingerprint density at radius 3 is 3.00 bits per heavy atom. The maximum absolute atomic E-state index is 11.8. The molecule has 0 saturated carbocycles. The van der Waals surface area contributed by atoms with Crippen LogP contribution in [0.3, 0.4) is 0 Å².